The van der Waals surface area contributed by atoms with Gasteiger partial charge in [-0.05, 0) is 22.3 Å². The lowest BCUT2D eigenvalue weighted by Crippen LogP contribution is -2.60. The molecule has 1 heterocycles. The standard InChI is InChI=1S/C35H37N3O5/c39-26-36-38-35-34(43-24-30-19-11-4-12-20-30)33(42-23-29-17-9-3-10-18-29)32(41-22-28-15-7-2-8-16-28)31(37-35)25-40-21-27-13-5-1-6-14-27/h1-20,26,31-34H,21-25H2,(H,36,39)(H,37,38)/t31-,32-,33+,34-/m1/s1. The van der Waals surface area contributed by atoms with Gasteiger partial charge in [0.2, 0.25) is 6.41 Å². The summed E-state index contributed by atoms with van der Waals surface area (Å²) in [4.78, 5) is 16.3. The molecule has 5 rings (SSSR count). The zero-order chi connectivity index (χ0) is 29.5. The highest BCUT2D eigenvalue weighted by molar-refractivity contribution is 5.88. The largest absolute Gasteiger partial charge is 0.374 e. The van der Waals surface area contributed by atoms with E-state index in [4.69, 9.17) is 23.9 Å². The lowest BCUT2D eigenvalue weighted by atomic mass is 9.96. The summed E-state index contributed by atoms with van der Waals surface area (Å²) in [6.45, 7) is 1.73. The fourth-order valence-electron chi connectivity index (χ4n) is 4.94. The lowest BCUT2D eigenvalue weighted by molar-refractivity contribution is -0.151. The molecule has 0 aliphatic carbocycles. The van der Waals surface area contributed by atoms with Gasteiger partial charge in [0.15, 0.2) is 0 Å². The highest BCUT2D eigenvalue weighted by Gasteiger charge is 2.44. The average Bonchev–Trinajstić information content (AvgIpc) is 3.07. The minimum atomic E-state index is -0.664. The molecule has 0 saturated carbocycles. The molecule has 0 radical (unpaired) electrons. The van der Waals surface area contributed by atoms with E-state index in [2.05, 4.69) is 10.9 Å². The highest BCUT2D eigenvalue weighted by atomic mass is 16.6. The van der Waals surface area contributed by atoms with Gasteiger partial charge in [-0.2, -0.15) is 0 Å². The summed E-state index contributed by atoms with van der Waals surface area (Å²) in [5.41, 5.74) is 9.59. The molecule has 222 valence electrons. The summed E-state index contributed by atoms with van der Waals surface area (Å²) >= 11 is 0. The Morgan fingerprint density at radius 3 is 1.51 bits per heavy atom. The van der Waals surface area contributed by atoms with Crippen molar-refractivity contribution in [1.82, 2.24) is 10.9 Å². The van der Waals surface area contributed by atoms with Crippen molar-refractivity contribution in [2.75, 3.05) is 6.61 Å². The zero-order valence-corrected chi connectivity index (χ0v) is 24.0. The number of hydrogen-bond donors (Lipinski definition) is 2. The van der Waals surface area contributed by atoms with Crippen LogP contribution in [-0.4, -0.2) is 43.2 Å². The van der Waals surface area contributed by atoms with E-state index in [1.165, 1.54) is 0 Å². The number of aliphatic imine (C=N–C) groups is 1. The second-order valence-corrected chi connectivity index (χ2v) is 10.2. The molecule has 8 heteroatoms. The van der Waals surface area contributed by atoms with Crippen molar-refractivity contribution in [3.63, 3.8) is 0 Å². The van der Waals surface area contributed by atoms with Crippen LogP contribution in [0.1, 0.15) is 22.3 Å². The van der Waals surface area contributed by atoms with E-state index in [-0.39, 0.29) is 6.61 Å². The first-order chi connectivity index (χ1) is 21.3. The van der Waals surface area contributed by atoms with E-state index in [1.807, 2.05) is 121 Å². The number of nitrogens with one attached hydrogen (secondary N) is 2. The van der Waals surface area contributed by atoms with Crippen LogP contribution in [0.2, 0.25) is 0 Å². The van der Waals surface area contributed by atoms with E-state index < -0.39 is 24.4 Å². The Hall–Kier alpha value is -4.34. The van der Waals surface area contributed by atoms with E-state index in [1.54, 1.807) is 0 Å². The van der Waals surface area contributed by atoms with Crippen molar-refractivity contribution in [2.24, 2.45) is 4.99 Å². The number of carbonyl (C=O) groups is 1. The summed E-state index contributed by atoms with van der Waals surface area (Å²) in [5, 5.41) is 0. The van der Waals surface area contributed by atoms with Gasteiger partial charge >= 0.3 is 0 Å². The summed E-state index contributed by atoms with van der Waals surface area (Å²) in [7, 11) is 0. The number of carbonyl (C=O) groups excluding carboxylic acids is 1. The zero-order valence-electron chi connectivity index (χ0n) is 24.0. The number of hydrazine groups is 1. The van der Waals surface area contributed by atoms with Crippen LogP contribution < -0.4 is 10.9 Å². The molecule has 4 aromatic rings. The fraction of sp³-hybridized carbons (Fsp3) is 0.257. The van der Waals surface area contributed by atoms with Gasteiger partial charge in [-0.3, -0.25) is 20.6 Å². The number of ether oxygens (including phenoxy) is 4. The maximum Gasteiger partial charge on any atom is 0.225 e. The van der Waals surface area contributed by atoms with Crippen LogP contribution in [0.5, 0.6) is 0 Å². The van der Waals surface area contributed by atoms with Gasteiger partial charge in [-0.1, -0.05) is 121 Å². The van der Waals surface area contributed by atoms with Gasteiger partial charge in [0.05, 0.1) is 33.0 Å². The van der Waals surface area contributed by atoms with Crippen LogP contribution in [0.4, 0.5) is 0 Å². The second-order valence-electron chi connectivity index (χ2n) is 10.2. The van der Waals surface area contributed by atoms with Gasteiger partial charge in [-0.25, -0.2) is 0 Å². The Balaban J connectivity index is 1.44. The maximum absolute atomic E-state index is 11.3. The number of amidine groups is 1. The fourth-order valence-corrected chi connectivity index (χ4v) is 4.94. The SMILES string of the molecule is O=CNNC1=N[C@H](COCc2ccccc2)[C@@H](OCc2ccccc2)[C@H](OCc2ccccc2)[C@H]1OCc1ccccc1. The molecule has 8 nitrogen and oxygen atoms in total. The van der Waals surface area contributed by atoms with Crippen molar-refractivity contribution in [1.29, 1.82) is 0 Å². The molecule has 43 heavy (non-hydrogen) atoms. The quantitative estimate of drug-likeness (QED) is 0.152. The molecule has 0 aromatic heterocycles. The van der Waals surface area contributed by atoms with E-state index in [0.717, 1.165) is 22.3 Å². The number of amides is 1. The molecule has 2 N–H and O–H groups in total. The van der Waals surface area contributed by atoms with Crippen LogP contribution in [0, 0.1) is 0 Å². The van der Waals surface area contributed by atoms with Crippen LogP contribution in [0.25, 0.3) is 0 Å². The molecule has 0 fully saturated rings. The molecule has 1 aliphatic rings. The van der Waals surface area contributed by atoms with Gasteiger partial charge < -0.3 is 18.9 Å². The average molecular weight is 580 g/mol. The van der Waals surface area contributed by atoms with Crippen LogP contribution in [-0.2, 0) is 50.2 Å². The Morgan fingerprint density at radius 2 is 1.02 bits per heavy atom. The molecule has 4 atom stereocenters. The molecule has 0 saturated heterocycles. The molecule has 0 spiro atoms. The van der Waals surface area contributed by atoms with Crippen molar-refractivity contribution in [3.8, 4) is 0 Å². The van der Waals surface area contributed by atoms with Gasteiger partial charge in [0.1, 0.15) is 30.2 Å². The Kier molecular flexibility index (Phi) is 11.4. The number of hydrogen-bond acceptors (Lipinski definition) is 7. The summed E-state index contributed by atoms with van der Waals surface area (Å²) in [5.74, 6) is 0.439. The van der Waals surface area contributed by atoms with Crippen molar-refractivity contribution >= 4 is 12.2 Å². The number of nitrogens with zero attached hydrogens (tertiary/aromatic N) is 1. The third-order valence-corrected chi connectivity index (χ3v) is 7.08. The lowest BCUT2D eigenvalue weighted by Gasteiger charge is -2.41. The van der Waals surface area contributed by atoms with Gasteiger partial charge in [0.25, 0.3) is 0 Å². The molecule has 4 aromatic carbocycles. The van der Waals surface area contributed by atoms with Crippen LogP contribution in [0.15, 0.2) is 126 Å². The van der Waals surface area contributed by atoms with Crippen LogP contribution in [0.3, 0.4) is 0 Å². The monoisotopic (exact) mass is 579 g/mol. The smallest absolute Gasteiger partial charge is 0.225 e. The first-order valence-corrected chi connectivity index (χ1v) is 14.4. The molecule has 1 aliphatic heterocycles. The van der Waals surface area contributed by atoms with E-state index in [9.17, 15) is 4.79 Å². The van der Waals surface area contributed by atoms with Crippen molar-refractivity contribution in [2.45, 2.75) is 50.8 Å². The van der Waals surface area contributed by atoms with Gasteiger partial charge in [-0.15, -0.1) is 0 Å². The molecular weight excluding hydrogens is 542 g/mol. The third-order valence-electron chi connectivity index (χ3n) is 7.08. The van der Waals surface area contributed by atoms with E-state index in [0.29, 0.717) is 38.7 Å². The predicted molar refractivity (Wildman–Crippen MR) is 165 cm³/mol. The second kappa shape index (κ2) is 16.3. The van der Waals surface area contributed by atoms with Crippen molar-refractivity contribution in [3.05, 3.63) is 144 Å². The topological polar surface area (TPSA) is 90.4 Å². The first kappa shape index (κ1) is 30.1. The Bertz CT molecular complexity index is 1390. The maximum atomic E-state index is 11.3. The minimum absolute atomic E-state index is 0.275. The number of benzene rings is 4. The Morgan fingerprint density at radius 1 is 0.581 bits per heavy atom. The van der Waals surface area contributed by atoms with Crippen molar-refractivity contribution < 1.29 is 23.7 Å². The summed E-state index contributed by atoms with van der Waals surface area (Å²) in [6.07, 6.45) is -1.19. The normalized spacial score (nSPS) is 19.8. The van der Waals surface area contributed by atoms with Crippen LogP contribution >= 0.6 is 0 Å². The molecule has 0 unspecified atom stereocenters. The molecule has 0 bridgehead atoms. The highest BCUT2D eigenvalue weighted by Crippen LogP contribution is 2.27. The minimum Gasteiger partial charge on any atom is -0.374 e. The number of rotatable bonds is 15. The summed E-state index contributed by atoms with van der Waals surface area (Å²) < 4.78 is 25.9. The first-order valence-electron chi connectivity index (χ1n) is 14.4. The third kappa shape index (κ3) is 9.07. The van der Waals surface area contributed by atoms with E-state index >= 15 is 0 Å². The molecule has 1 amide bonds. The Labute approximate surface area is 252 Å². The molecular formula is C35H37N3O5. The predicted octanol–water partition coefficient (Wildman–Crippen LogP) is 4.99. The summed E-state index contributed by atoms with van der Waals surface area (Å²) in [6, 6.07) is 39.4. The van der Waals surface area contributed by atoms with Gasteiger partial charge in [0, 0.05) is 0 Å².